The van der Waals surface area contributed by atoms with Crippen molar-refractivity contribution in [1.29, 1.82) is 5.26 Å². The Bertz CT molecular complexity index is 467. The Morgan fingerprint density at radius 1 is 1.50 bits per heavy atom. The van der Waals surface area contributed by atoms with Crippen LogP contribution in [-0.4, -0.2) is 35.2 Å². The first-order valence-electron chi connectivity index (χ1n) is 5.77. The summed E-state index contributed by atoms with van der Waals surface area (Å²) < 4.78 is 0. The van der Waals surface area contributed by atoms with E-state index in [9.17, 15) is 4.79 Å². The number of nitrogens with zero attached hydrogens (tertiary/aromatic N) is 2. The number of anilines is 1. The molecule has 1 aromatic carbocycles. The van der Waals surface area contributed by atoms with E-state index < -0.39 is 5.97 Å². The molecule has 18 heavy (non-hydrogen) atoms. The molecule has 4 nitrogen and oxygen atoms in total. The number of benzene rings is 1. The fraction of sp³-hybridized carbons (Fsp3) is 0.385. The average molecular weight is 262 g/mol. The number of carbonyl (C=O) groups is 1. The molecule has 1 saturated heterocycles. The van der Waals surface area contributed by atoms with Gasteiger partial charge in [0.25, 0.3) is 0 Å². The van der Waals surface area contributed by atoms with E-state index in [-0.39, 0.29) is 12.5 Å². The molecule has 94 valence electrons. The van der Waals surface area contributed by atoms with Gasteiger partial charge in [-0.3, -0.25) is 4.79 Å². The normalized spacial score (nSPS) is 19.3. The van der Waals surface area contributed by atoms with E-state index in [0.29, 0.717) is 5.56 Å². The molecule has 1 fully saturated rings. The van der Waals surface area contributed by atoms with E-state index >= 15 is 0 Å². The Hall–Kier alpha value is -1.67. The second-order valence-electron chi connectivity index (χ2n) is 4.18. The summed E-state index contributed by atoms with van der Waals surface area (Å²) in [6.45, 7) is 0.856. The molecule has 1 atom stereocenters. The third kappa shape index (κ3) is 2.96. The van der Waals surface area contributed by atoms with Crippen molar-refractivity contribution >= 4 is 23.4 Å². The van der Waals surface area contributed by atoms with E-state index in [1.54, 1.807) is 23.9 Å². The zero-order valence-corrected chi connectivity index (χ0v) is 10.7. The molecule has 1 aliphatic rings. The number of aliphatic carboxylic acids is 1. The molecular weight excluding hydrogens is 248 g/mol. The second kappa shape index (κ2) is 5.78. The van der Waals surface area contributed by atoms with Crippen LogP contribution in [0.3, 0.4) is 0 Å². The molecule has 1 aromatic rings. The Morgan fingerprint density at radius 2 is 2.22 bits per heavy atom. The van der Waals surface area contributed by atoms with Crippen molar-refractivity contribution in [3.8, 4) is 6.07 Å². The Labute approximate surface area is 110 Å². The van der Waals surface area contributed by atoms with Crippen LogP contribution < -0.4 is 4.90 Å². The number of nitriles is 1. The number of carboxylic acid groups (broad SMARTS) is 1. The number of rotatable bonds is 3. The molecule has 0 amide bonds. The monoisotopic (exact) mass is 262 g/mol. The maximum absolute atomic E-state index is 10.9. The predicted molar refractivity (Wildman–Crippen MR) is 71.9 cm³/mol. The van der Waals surface area contributed by atoms with Crippen LogP contribution in [0.4, 0.5) is 5.69 Å². The number of hydrogen-bond donors (Lipinski definition) is 1. The van der Waals surface area contributed by atoms with Gasteiger partial charge in [0, 0.05) is 29.8 Å². The van der Waals surface area contributed by atoms with E-state index in [4.69, 9.17) is 10.4 Å². The number of hydrogen-bond acceptors (Lipinski definition) is 4. The maximum Gasteiger partial charge on any atom is 0.305 e. The molecular formula is C13H14N2O2S. The smallest absolute Gasteiger partial charge is 0.305 e. The molecule has 0 radical (unpaired) electrons. The lowest BCUT2D eigenvalue weighted by molar-refractivity contribution is -0.137. The van der Waals surface area contributed by atoms with Gasteiger partial charge in [0.15, 0.2) is 0 Å². The first-order valence-corrected chi connectivity index (χ1v) is 6.92. The van der Waals surface area contributed by atoms with Crippen LogP contribution >= 0.6 is 11.8 Å². The van der Waals surface area contributed by atoms with Gasteiger partial charge in [0.05, 0.1) is 18.1 Å². The molecule has 1 unspecified atom stereocenters. The quantitative estimate of drug-likeness (QED) is 0.902. The van der Waals surface area contributed by atoms with Gasteiger partial charge in [0.1, 0.15) is 0 Å². The van der Waals surface area contributed by atoms with Gasteiger partial charge in [-0.25, -0.2) is 0 Å². The maximum atomic E-state index is 10.9. The summed E-state index contributed by atoms with van der Waals surface area (Å²) in [5.74, 6) is 1.09. The lowest BCUT2D eigenvalue weighted by atomic mass is 10.1. The summed E-state index contributed by atoms with van der Waals surface area (Å²) in [6, 6.07) is 9.45. The van der Waals surface area contributed by atoms with Crippen molar-refractivity contribution in [3.63, 3.8) is 0 Å². The summed E-state index contributed by atoms with van der Waals surface area (Å²) in [5.41, 5.74) is 1.63. The molecule has 1 heterocycles. The molecule has 1 aliphatic heterocycles. The van der Waals surface area contributed by atoms with Crippen molar-refractivity contribution in [2.75, 3.05) is 23.0 Å². The summed E-state index contributed by atoms with van der Waals surface area (Å²) in [5, 5.41) is 17.7. The summed E-state index contributed by atoms with van der Waals surface area (Å²) in [7, 11) is 0. The summed E-state index contributed by atoms with van der Waals surface area (Å²) >= 11 is 1.79. The summed E-state index contributed by atoms with van der Waals surface area (Å²) in [6.07, 6.45) is 0.160. The van der Waals surface area contributed by atoms with Crippen LogP contribution in [-0.2, 0) is 4.79 Å². The number of thioether (sulfide) groups is 1. The van der Waals surface area contributed by atoms with Crippen LogP contribution in [0.25, 0.3) is 0 Å². The Morgan fingerprint density at radius 3 is 2.83 bits per heavy atom. The topological polar surface area (TPSA) is 64.3 Å². The van der Waals surface area contributed by atoms with Gasteiger partial charge in [-0.1, -0.05) is 0 Å². The number of carboxylic acids is 1. The fourth-order valence-electron chi connectivity index (χ4n) is 2.09. The predicted octanol–water partition coefficient (Wildman–Crippen LogP) is 1.95. The molecule has 0 aromatic heterocycles. The van der Waals surface area contributed by atoms with E-state index in [0.717, 1.165) is 23.7 Å². The van der Waals surface area contributed by atoms with Gasteiger partial charge in [0.2, 0.25) is 0 Å². The zero-order chi connectivity index (χ0) is 13.0. The third-order valence-electron chi connectivity index (χ3n) is 2.97. The third-order valence-corrected chi connectivity index (χ3v) is 4.06. The average Bonchev–Trinajstić information content (AvgIpc) is 2.39. The zero-order valence-electron chi connectivity index (χ0n) is 9.87. The van der Waals surface area contributed by atoms with Crippen molar-refractivity contribution in [1.82, 2.24) is 0 Å². The minimum atomic E-state index is -0.763. The highest BCUT2D eigenvalue weighted by Crippen LogP contribution is 2.26. The van der Waals surface area contributed by atoms with Gasteiger partial charge < -0.3 is 10.0 Å². The highest BCUT2D eigenvalue weighted by molar-refractivity contribution is 7.99. The van der Waals surface area contributed by atoms with Gasteiger partial charge >= 0.3 is 5.97 Å². The van der Waals surface area contributed by atoms with E-state index in [1.165, 1.54) is 0 Å². The van der Waals surface area contributed by atoms with Crippen molar-refractivity contribution in [3.05, 3.63) is 29.8 Å². The fourth-order valence-corrected chi connectivity index (χ4v) is 3.16. The molecule has 5 heteroatoms. The van der Waals surface area contributed by atoms with Gasteiger partial charge in [-0.2, -0.15) is 17.0 Å². The highest BCUT2D eigenvalue weighted by Gasteiger charge is 2.25. The molecule has 1 N–H and O–H groups in total. The first-order chi connectivity index (χ1) is 8.70. The lowest BCUT2D eigenvalue weighted by Crippen LogP contribution is -2.43. The molecule has 2 rings (SSSR count). The van der Waals surface area contributed by atoms with Crippen LogP contribution in [0, 0.1) is 11.3 Å². The standard InChI is InChI=1S/C13H14N2O2S/c14-8-10-1-3-11(4-2-10)15-5-6-18-9-12(15)7-13(16)17/h1-4,12H,5-7,9H2,(H,16,17). The van der Waals surface area contributed by atoms with Crippen molar-refractivity contribution in [2.24, 2.45) is 0 Å². The summed E-state index contributed by atoms with van der Waals surface area (Å²) in [4.78, 5) is 13.0. The highest BCUT2D eigenvalue weighted by atomic mass is 32.2. The SMILES string of the molecule is N#Cc1ccc(N2CCSCC2CC(=O)O)cc1. The Kier molecular flexibility index (Phi) is 4.11. The van der Waals surface area contributed by atoms with Crippen LogP contribution in [0.1, 0.15) is 12.0 Å². The molecule has 0 spiro atoms. The minimum absolute atomic E-state index is 0.0363. The molecule has 0 aliphatic carbocycles. The van der Waals surface area contributed by atoms with Crippen molar-refractivity contribution in [2.45, 2.75) is 12.5 Å². The Balaban J connectivity index is 2.17. The van der Waals surface area contributed by atoms with Gasteiger partial charge in [-0.15, -0.1) is 0 Å². The van der Waals surface area contributed by atoms with Crippen molar-refractivity contribution < 1.29 is 9.90 Å². The van der Waals surface area contributed by atoms with Gasteiger partial charge in [-0.05, 0) is 24.3 Å². The second-order valence-corrected chi connectivity index (χ2v) is 5.33. The lowest BCUT2D eigenvalue weighted by Gasteiger charge is -2.36. The first kappa shape index (κ1) is 12.8. The van der Waals surface area contributed by atoms with E-state index in [1.807, 2.05) is 12.1 Å². The molecule has 0 bridgehead atoms. The van der Waals surface area contributed by atoms with Crippen LogP contribution in [0.15, 0.2) is 24.3 Å². The largest absolute Gasteiger partial charge is 0.481 e. The van der Waals surface area contributed by atoms with Crippen LogP contribution in [0.2, 0.25) is 0 Å². The van der Waals surface area contributed by atoms with Crippen LogP contribution in [0.5, 0.6) is 0 Å². The molecule has 0 saturated carbocycles. The van der Waals surface area contributed by atoms with E-state index in [2.05, 4.69) is 11.0 Å². The minimum Gasteiger partial charge on any atom is -0.481 e.